The van der Waals surface area contributed by atoms with Crippen LogP contribution >= 0.6 is 0 Å². The van der Waals surface area contributed by atoms with Crippen LogP contribution < -0.4 is 5.32 Å². The van der Waals surface area contributed by atoms with Gasteiger partial charge in [-0.1, -0.05) is 13.8 Å². The van der Waals surface area contributed by atoms with Gasteiger partial charge in [0.2, 0.25) is 0 Å². The molecule has 0 bridgehead atoms. The zero-order chi connectivity index (χ0) is 17.3. The van der Waals surface area contributed by atoms with Gasteiger partial charge in [-0.25, -0.2) is 4.79 Å². The standard InChI is InChI=1S/C16H29NO5/c1-11(2)14(17-15(20)22-16(3,4)5)12(18)9-7-8-10-13(19)21-6/h11,14H,7-10H2,1-6H3,(H,17,20)/t14-/m0/s1. The zero-order valence-electron chi connectivity index (χ0n) is 14.5. The van der Waals surface area contributed by atoms with Crippen LogP contribution in [0.25, 0.3) is 0 Å². The summed E-state index contributed by atoms with van der Waals surface area (Å²) in [4.78, 5) is 35.0. The van der Waals surface area contributed by atoms with Gasteiger partial charge in [-0.3, -0.25) is 9.59 Å². The number of hydrogen-bond donors (Lipinski definition) is 1. The topological polar surface area (TPSA) is 81.7 Å². The van der Waals surface area contributed by atoms with Crippen LogP contribution in [-0.2, 0) is 19.1 Å². The number of nitrogens with one attached hydrogen (secondary N) is 1. The van der Waals surface area contributed by atoms with Gasteiger partial charge in [0.1, 0.15) is 5.60 Å². The van der Waals surface area contributed by atoms with Crippen molar-refractivity contribution >= 4 is 17.8 Å². The Morgan fingerprint density at radius 1 is 1.05 bits per heavy atom. The summed E-state index contributed by atoms with van der Waals surface area (Å²) in [5.41, 5.74) is -0.602. The van der Waals surface area contributed by atoms with Crippen LogP contribution in [0.4, 0.5) is 4.79 Å². The van der Waals surface area contributed by atoms with Gasteiger partial charge in [0.15, 0.2) is 5.78 Å². The first-order valence-corrected chi connectivity index (χ1v) is 7.66. The molecule has 0 aliphatic heterocycles. The normalized spacial score (nSPS) is 12.7. The SMILES string of the molecule is COC(=O)CCCCC(=O)[C@@H](NC(=O)OC(C)(C)C)C(C)C. The van der Waals surface area contributed by atoms with Crippen molar-refractivity contribution in [2.75, 3.05) is 7.11 Å². The Bertz CT molecular complexity index is 384. The third-order valence-electron chi connectivity index (χ3n) is 2.97. The number of unbranched alkanes of at least 4 members (excludes halogenated alkanes) is 1. The minimum Gasteiger partial charge on any atom is -0.469 e. The first-order chi connectivity index (χ1) is 10.1. The molecular formula is C16H29NO5. The number of Topliss-reactive ketones (excluding diaryl/α,β-unsaturated/α-hetero) is 1. The number of ether oxygens (including phenoxy) is 2. The van der Waals surface area contributed by atoms with Gasteiger partial charge in [0.05, 0.1) is 13.2 Å². The van der Waals surface area contributed by atoms with E-state index in [2.05, 4.69) is 10.1 Å². The Balaban J connectivity index is 4.34. The minimum atomic E-state index is -0.602. The van der Waals surface area contributed by atoms with E-state index in [9.17, 15) is 14.4 Å². The Kier molecular flexibility index (Phi) is 8.75. The molecule has 0 aromatic rings. The Morgan fingerprint density at radius 2 is 1.59 bits per heavy atom. The fourth-order valence-corrected chi connectivity index (χ4v) is 1.88. The molecule has 0 unspecified atom stereocenters. The summed E-state index contributed by atoms with van der Waals surface area (Å²) in [5.74, 6) is -0.355. The van der Waals surface area contributed by atoms with E-state index in [0.717, 1.165) is 0 Å². The molecule has 1 N–H and O–H groups in total. The summed E-state index contributed by atoms with van der Waals surface area (Å²) in [6.07, 6.45) is 1.21. The number of hydrogen-bond acceptors (Lipinski definition) is 5. The minimum absolute atomic E-state index is 0.0272. The highest BCUT2D eigenvalue weighted by Gasteiger charge is 2.26. The monoisotopic (exact) mass is 315 g/mol. The second kappa shape index (κ2) is 9.43. The van der Waals surface area contributed by atoms with E-state index in [1.165, 1.54) is 7.11 Å². The van der Waals surface area contributed by atoms with Gasteiger partial charge in [-0.05, 0) is 39.5 Å². The van der Waals surface area contributed by atoms with Crippen LogP contribution in [0.2, 0.25) is 0 Å². The molecule has 0 saturated heterocycles. The molecule has 0 spiro atoms. The third kappa shape index (κ3) is 9.37. The molecule has 0 heterocycles. The van der Waals surface area contributed by atoms with Crippen LogP contribution in [0.1, 0.15) is 60.3 Å². The first-order valence-electron chi connectivity index (χ1n) is 7.66. The molecule has 128 valence electrons. The predicted octanol–water partition coefficient (Wildman–Crippen LogP) is 2.84. The van der Waals surface area contributed by atoms with Crippen LogP contribution in [0.15, 0.2) is 0 Å². The number of ketones is 1. The lowest BCUT2D eigenvalue weighted by Crippen LogP contribution is -2.46. The number of esters is 1. The third-order valence-corrected chi connectivity index (χ3v) is 2.97. The Labute approximate surface area is 132 Å². The molecule has 22 heavy (non-hydrogen) atoms. The molecule has 0 radical (unpaired) electrons. The number of carbonyl (C=O) groups is 3. The molecule has 0 rings (SSSR count). The summed E-state index contributed by atoms with van der Waals surface area (Å²) in [6.45, 7) is 9.05. The first kappa shape index (κ1) is 20.4. The number of amides is 1. The van der Waals surface area contributed by atoms with Gasteiger partial charge >= 0.3 is 12.1 Å². The predicted molar refractivity (Wildman–Crippen MR) is 83.5 cm³/mol. The second-order valence-corrected chi connectivity index (χ2v) is 6.62. The van der Waals surface area contributed by atoms with Crippen molar-refractivity contribution in [2.45, 2.75) is 71.9 Å². The lowest BCUT2D eigenvalue weighted by molar-refractivity contribution is -0.140. The van der Waals surface area contributed by atoms with Crippen LogP contribution in [-0.4, -0.2) is 36.6 Å². The highest BCUT2D eigenvalue weighted by Crippen LogP contribution is 2.12. The van der Waals surface area contributed by atoms with E-state index in [4.69, 9.17) is 4.74 Å². The summed E-state index contributed by atoms with van der Waals surface area (Å²) in [7, 11) is 1.34. The van der Waals surface area contributed by atoms with Gasteiger partial charge in [0, 0.05) is 12.8 Å². The molecule has 0 fully saturated rings. The molecule has 0 saturated carbocycles. The van der Waals surface area contributed by atoms with Crippen molar-refractivity contribution in [3.63, 3.8) is 0 Å². The average Bonchev–Trinajstić information content (AvgIpc) is 2.37. The van der Waals surface area contributed by atoms with Gasteiger partial charge in [-0.15, -0.1) is 0 Å². The Morgan fingerprint density at radius 3 is 2.05 bits per heavy atom. The summed E-state index contributed by atoms with van der Waals surface area (Å²) in [6, 6.07) is -0.576. The van der Waals surface area contributed by atoms with Crippen molar-refractivity contribution in [3.05, 3.63) is 0 Å². The molecule has 0 aromatic heterocycles. The van der Waals surface area contributed by atoms with E-state index < -0.39 is 17.7 Å². The average molecular weight is 315 g/mol. The van der Waals surface area contributed by atoms with E-state index >= 15 is 0 Å². The van der Waals surface area contributed by atoms with Crippen molar-refractivity contribution in [3.8, 4) is 0 Å². The molecule has 6 nitrogen and oxygen atoms in total. The fourth-order valence-electron chi connectivity index (χ4n) is 1.88. The van der Waals surface area contributed by atoms with E-state index in [-0.39, 0.29) is 17.7 Å². The number of methoxy groups -OCH3 is 1. The molecule has 0 aromatic carbocycles. The smallest absolute Gasteiger partial charge is 0.408 e. The lowest BCUT2D eigenvalue weighted by Gasteiger charge is -2.25. The van der Waals surface area contributed by atoms with E-state index in [1.54, 1.807) is 20.8 Å². The maximum absolute atomic E-state index is 12.2. The quantitative estimate of drug-likeness (QED) is 0.550. The van der Waals surface area contributed by atoms with Crippen LogP contribution in [0.5, 0.6) is 0 Å². The zero-order valence-corrected chi connectivity index (χ0v) is 14.5. The van der Waals surface area contributed by atoms with Crippen LogP contribution in [0, 0.1) is 5.92 Å². The Hall–Kier alpha value is -1.59. The number of carbonyl (C=O) groups excluding carboxylic acids is 3. The fraction of sp³-hybridized carbons (Fsp3) is 0.812. The lowest BCUT2D eigenvalue weighted by atomic mass is 9.96. The van der Waals surface area contributed by atoms with Crippen molar-refractivity contribution in [2.24, 2.45) is 5.92 Å². The van der Waals surface area contributed by atoms with Gasteiger partial charge in [0.25, 0.3) is 0 Å². The number of rotatable bonds is 8. The molecule has 0 aliphatic carbocycles. The highest BCUT2D eigenvalue weighted by molar-refractivity contribution is 5.87. The summed E-state index contributed by atoms with van der Waals surface area (Å²) < 4.78 is 9.72. The van der Waals surface area contributed by atoms with E-state index in [0.29, 0.717) is 25.7 Å². The number of alkyl carbamates (subject to hydrolysis) is 1. The molecule has 1 atom stereocenters. The molecule has 1 amide bonds. The second-order valence-electron chi connectivity index (χ2n) is 6.62. The van der Waals surface area contributed by atoms with Gasteiger partial charge in [-0.2, -0.15) is 0 Å². The van der Waals surface area contributed by atoms with Crippen molar-refractivity contribution in [1.82, 2.24) is 5.32 Å². The van der Waals surface area contributed by atoms with Crippen LogP contribution in [0.3, 0.4) is 0 Å². The summed E-state index contributed by atoms with van der Waals surface area (Å²) in [5, 5.41) is 2.63. The maximum Gasteiger partial charge on any atom is 0.408 e. The van der Waals surface area contributed by atoms with Crippen molar-refractivity contribution in [1.29, 1.82) is 0 Å². The molecular weight excluding hydrogens is 286 g/mol. The van der Waals surface area contributed by atoms with Gasteiger partial charge < -0.3 is 14.8 Å². The van der Waals surface area contributed by atoms with Crippen molar-refractivity contribution < 1.29 is 23.9 Å². The molecule has 0 aliphatic rings. The highest BCUT2D eigenvalue weighted by atomic mass is 16.6. The largest absolute Gasteiger partial charge is 0.469 e. The summed E-state index contributed by atoms with van der Waals surface area (Å²) >= 11 is 0. The van der Waals surface area contributed by atoms with E-state index in [1.807, 2.05) is 13.8 Å². The maximum atomic E-state index is 12.2. The molecule has 6 heteroatoms.